The van der Waals surface area contributed by atoms with Crippen LogP contribution in [0.5, 0.6) is 0 Å². The number of fused-ring (bicyclic) bond motifs is 1. The molecule has 32 heavy (non-hydrogen) atoms. The Kier molecular flexibility index (Phi) is 5.10. The van der Waals surface area contributed by atoms with E-state index >= 15 is 0 Å². The molecule has 9 heteroatoms. The quantitative estimate of drug-likeness (QED) is 0.347. The number of hydrogen-bond acceptors (Lipinski definition) is 5. The molecule has 0 saturated carbocycles. The monoisotopic (exact) mass is 451 g/mol. The zero-order valence-electron chi connectivity index (χ0n) is 16.5. The van der Waals surface area contributed by atoms with Crippen LogP contribution in [0.15, 0.2) is 77.8 Å². The number of benzene rings is 2. The minimum Gasteiger partial charge on any atom is -0.364 e. The predicted octanol–water partition coefficient (Wildman–Crippen LogP) is 6.17. The number of anilines is 1. The molecule has 5 nitrogen and oxygen atoms in total. The van der Waals surface area contributed by atoms with Gasteiger partial charge in [0.25, 0.3) is 0 Å². The van der Waals surface area contributed by atoms with Crippen LogP contribution in [-0.4, -0.2) is 19.5 Å². The maximum absolute atomic E-state index is 13.1. The Hall–Kier alpha value is -3.72. The maximum Gasteiger partial charge on any atom is 0.416 e. The summed E-state index contributed by atoms with van der Waals surface area (Å²) in [5.74, 6) is 0.960. The lowest BCUT2D eigenvalue weighted by atomic mass is 10.1. The third kappa shape index (κ3) is 3.94. The number of nitrogens with one attached hydrogen (secondary N) is 1. The van der Waals surface area contributed by atoms with Crippen LogP contribution in [0.3, 0.4) is 0 Å². The van der Waals surface area contributed by atoms with Gasteiger partial charge in [0.15, 0.2) is 22.8 Å². The molecule has 0 aliphatic rings. The van der Waals surface area contributed by atoms with E-state index in [9.17, 15) is 13.2 Å². The number of rotatable bonds is 5. The summed E-state index contributed by atoms with van der Waals surface area (Å²) in [6.45, 7) is 0.162. The van der Waals surface area contributed by atoms with Gasteiger partial charge in [-0.05, 0) is 29.1 Å². The van der Waals surface area contributed by atoms with Crippen molar-refractivity contribution in [3.05, 3.63) is 88.9 Å². The number of nitrogens with zero attached hydrogens (tertiary/aromatic N) is 4. The van der Waals surface area contributed by atoms with Gasteiger partial charge in [0.1, 0.15) is 6.33 Å². The first-order valence-electron chi connectivity index (χ1n) is 9.72. The van der Waals surface area contributed by atoms with Crippen molar-refractivity contribution in [2.75, 3.05) is 5.32 Å². The van der Waals surface area contributed by atoms with Gasteiger partial charge in [-0.25, -0.2) is 15.0 Å². The highest BCUT2D eigenvalue weighted by atomic mass is 32.1. The fraction of sp³-hybridized carbons (Fsp3) is 0.0870. The Balaban J connectivity index is 1.56. The lowest BCUT2D eigenvalue weighted by Crippen LogP contribution is -2.08. The molecule has 3 heterocycles. The van der Waals surface area contributed by atoms with E-state index in [1.807, 2.05) is 51.7 Å². The lowest BCUT2D eigenvalue weighted by Gasteiger charge is -2.11. The average molecular weight is 451 g/mol. The van der Waals surface area contributed by atoms with Crippen LogP contribution in [0.4, 0.5) is 19.0 Å². The molecular weight excluding hydrogens is 435 g/mol. The van der Waals surface area contributed by atoms with Gasteiger partial charge < -0.3 is 5.32 Å². The molecule has 0 spiro atoms. The highest BCUT2D eigenvalue weighted by Gasteiger charge is 2.30. The Morgan fingerprint density at radius 1 is 0.969 bits per heavy atom. The van der Waals surface area contributed by atoms with Gasteiger partial charge in [-0.3, -0.25) is 4.57 Å². The molecule has 0 radical (unpaired) electrons. The van der Waals surface area contributed by atoms with Crippen molar-refractivity contribution in [2.24, 2.45) is 0 Å². The number of halogens is 3. The summed E-state index contributed by atoms with van der Waals surface area (Å²) < 4.78 is 41.1. The molecule has 0 unspecified atom stereocenters. The standard InChI is InChI=1S/C23H16F3N5S/c24-23(25,26)17-8-4-5-15(11-17)12-27-21-19-22(31(14-28-19)18-9-10-32-13-18)30-20(29-21)16-6-2-1-3-7-16/h1-11,13-14H,12H2,(H,27,29,30). The average Bonchev–Trinajstić information content (AvgIpc) is 3.47. The van der Waals surface area contributed by atoms with Crippen LogP contribution in [0.2, 0.25) is 0 Å². The van der Waals surface area contributed by atoms with E-state index in [4.69, 9.17) is 4.98 Å². The number of imidazole rings is 1. The Bertz CT molecular complexity index is 1360. The van der Waals surface area contributed by atoms with Crippen molar-refractivity contribution in [2.45, 2.75) is 12.7 Å². The van der Waals surface area contributed by atoms with Crippen LogP contribution < -0.4 is 5.32 Å². The summed E-state index contributed by atoms with van der Waals surface area (Å²) >= 11 is 1.56. The van der Waals surface area contributed by atoms with E-state index in [2.05, 4.69) is 15.3 Å². The van der Waals surface area contributed by atoms with Gasteiger partial charge in [0.05, 0.1) is 11.3 Å². The molecule has 0 aliphatic carbocycles. The molecule has 0 saturated heterocycles. The second-order valence-electron chi connectivity index (χ2n) is 7.08. The number of hydrogen-bond donors (Lipinski definition) is 1. The third-order valence-corrected chi connectivity index (χ3v) is 5.60. The van der Waals surface area contributed by atoms with Crippen molar-refractivity contribution >= 4 is 28.3 Å². The minimum absolute atomic E-state index is 0.162. The molecule has 0 aliphatic heterocycles. The maximum atomic E-state index is 13.1. The van der Waals surface area contributed by atoms with Gasteiger partial charge in [-0.15, -0.1) is 0 Å². The van der Waals surface area contributed by atoms with E-state index in [0.29, 0.717) is 28.4 Å². The SMILES string of the molecule is FC(F)(F)c1cccc(CNc2nc(-c3ccccc3)nc3c2ncn3-c2ccsc2)c1. The van der Waals surface area contributed by atoms with Gasteiger partial charge in [-0.1, -0.05) is 42.5 Å². The van der Waals surface area contributed by atoms with Gasteiger partial charge >= 0.3 is 6.18 Å². The molecule has 160 valence electrons. The van der Waals surface area contributed by atoms with Crippen molar-refractivity contribution in [3.8, 4) is 17.1 Å². The minimum atomic E-state index is -4.39. The van der Waals surface area contributed by atoms with Crippen LogP contribution in [-0.2, 0) is 12.7 Å². The molecule has 0 amide bonds. The highest BCUT2D eigenvalue weighted by Crippen LogP contribution is 2.30. The fourth-order valence-corrected chi connectivity index (χ4v) is 3.99. The van der Waals surface area contributed by atoms with Crippen molar-refractivity contribution in [1.29, 1.82) is 0 Å². The van der Waals surface area contributed by atoms with E-state index in [1.165, 1.54) is 6.07 Å². The lowest BCUT2D eigenvalue weighted by molar-refractivity contribution is -0.137. The number of alkyl halides is 3. The molecule has 2 aromatic carbocycles. The zero-order chi connectivity index (χ0) is 22.1. The second-order valence-corrected chi connectivity index (χ2v) is 7.86. The van der Waals surface area contributed by atoms with E-state index in [-0.39, 0.29) is 6.54 Å². The first-order chi connectivity index (χ1) is 15.5. The fourth-order valence-electron chi connectivity index (χ4n) is 3.37. The molecule has 3 aromatic heterocycles. The van der Waals surface area contributed by atoms with E-state index in [1.54, 1.807) is 23.7 Å². The van der Waals surface area contributed by atoms with Crippen LogP contribution in [0.25, 0.3) is 28.2 Å². The normalized spacial score (nSPS) is 11.7. The summed E-state index contributed by atoms with van der Waals surface area (Å²) in [6.07, 6.45) is -2.72. The van der Waals surface area contributed by atoms with Gasteiger partial charge in [0.2, 0.25) is 0 Å². The van der Waals surface area contributed by atoms with Crippen LogP contribution in [0.1, 0.15) is 11.1 Å². The summed E-state index contributed by atoms with van der Waals surface area (Å²) in [7, 11) is 0. The largest absolute Gasteiger partial charge is 0.416 e. The van der Waals surface area contributed by atoms with Crippen molar-refractivity contribution < 1.29 is 13.2 Å². The van der Waals surface area contributed by atoms with Gasteiger partial charge in [0, 0.05) is 17.5 Å². The summed E-state index contributed by atoms with van der Waals surface area (Å²) in [5.41, 5.74) is 2.72. The Morgan fingerprint density at radius 2 is 1.81 bits per heavy atom. The smallest absolute Gasteiger partial charge is 0.364 e. The number of thiophene rings is 1. The molecule has 0 bridgehead atoms. The van der Waals surface area contributed by atoms with E-state index in [0.717, 1.165) is 23.4 Å². The summed E-state index contributed by atoms with van der Waals surface area (Å²) in [6, 6.07) is 16.7. The molecule has 0 fully saturated rings. The van der Waals surface area contributed by atoms with Crippen molar-refractivity contribution in [1.82, 2.24) is 19.5 Å². The summed E-state index contributed by atoms with van der Waals surface area (Å²) in [4.78, 5) is 13.8. The van der Waals surface area contributed by atoms with E-state index < -0.39 is 11.7 Å². The third-order valence-electron chi connectivity index (χ3n) is 4.93. The molecule has 0 atom stereocenters. The highest BCUT2D eigenvalue weighted by molar-refractivity contribution is 7.08. The predicted molar refractivity (Wildman–Crippen MR) is 119 cm³/mol. The van der Waals surface area contributed by atoms with Crippen LogP contribution in [0, 0.1) is 0 Å². The Labute approximate surface area is 185 Å². The first kappa shape index (κ1) is 20.2. The van der Waals surface area contributed by atoms with Crippen molar-refractivity contribution in [3.63, 3.8) is 0 Å². The molecule has 5 rings (SSSR count). The first-order valence-corrected chi connectivity index (χ1v) is 10.7. The zero-order valence-corrected chi connectivity index (χ0v) is 17.4. The Morgan fingerprint density at radius 3 is 2.56 bits per heavy atom. The topological polar surface area (TPSA) is 55.6 Å². The molecular formula is C23H16F3N5S. The molecule has 5 aromatic rings. The number of aromatic nitrogens is 4. The summed E-state index contributed by atoms with van der Waals surface area (Å²) in [5, 5.41) is 7.11. The van der Waals surface area contributed by atoms with Gasteiger partial charge in [-0.2, -0.15) is 24.5 Å². The van der Waals surface area contributed by atoms with Crippen LogP contribution >= 0.6 is 11.3 Å². The second kappa shape index (κ2) is 8.08. The molecule has 1 N–H and O–H groups in total.